The number of para-hydroxylation sites is 1. The topological polar surface area (TPSA) is 35.2 Å². The van der Waals surface area contributed by atoms with Crippen LogP contribution >= 0.6 is 15.9 Å². The van der Waals surface area contributed by atoms with Crippen LogP contribution in [0.5, 0.6) is 5.75 Å². The van der Waals surface area contributed by atoms with E-state index in [-0.39, 0.29) is 0 Å². The van der Waals surface area contributed by atoms with E-state index in [1.165, 1.54) is 0 Å². The molecule has 2 rings (SSSR count). The first-order chi connectivity index (χ1) is 8.16. The predicted molar refractivity (Wildman–Crippen MR) is 74.1 cm³/mol. The summed E-state index contributed by atoms with van der Waals surface area (Å²) in [5, 5.41) is 0. The van der Waals surface area contributed by atoms with Crippen LogP contribution in [0.1, 0.15) is 11.1 Å². The summed E-state index contributed by atoms with van der Waals surface area (Å²) in [4.78, 5) is 0. The average molecular weight is 292 g/mol. The van der Waals surface area contributed by atoms with Crippen LogP contribution in [-0.4, -0.2) is 0 Å². The summed E-state index contributed by atoms with van der Waals surface area (Å²) in [6.07, 6.45) is 0. The van der Waals surface area contributed by atoms with Crippen molar-refractivity contribution in [3.63, 3.8) is 0 Å². The molecule has 0 aliphatic heterocycles. The van der Waals surface area contributed by atoms with Crippen molar-refractivity contribution in [2.45, 2.75) is 13.5 Å². The van der Waals surface area contributed by atoms with E-state index in [4.69, 9.17) is 10.5 Å². The van der Waals surface area contributed by atoms with Crippen LogP contribution < -0.4 is 10.5 Å². The molecule has 0 fully saturated rings. The zero-order valence-corrected chi connectivity index (χ0v) is 11.2. The Kier molecular flexibility index (Phi) is 3.69. The molecule has 0 aromatic heterocycles. The maximum absolute atomic E-state index is 5.77. The number of aryl methyl sites for hydroxylation is 1. The number of rotatable bonds is 3. The average Bonchev–Trinajstić information content (AvgIpc) is 2.30. The van der Waals surface area contributed by atoms with Gasteiger partial charge in [-0.15, -0.1) is 0 Å². The molecule has 0 spiro atoms. The molecule has 0 radical (unpaired) electrons. The highest BCUT2D eigenvalue weighted by Gasteiger charge is 2.03. The highest BCUT2D eigenvalue weighted by Crippen LogP contribution is 2.23. The molecular weight excluding hydrogens is 278 g/mol. The standard InChI is InChI=1S/C14H14BrNO/c1-10-4-2-3-5-14(10)17-9-11-6-7-12(16)8-13(11)15/h2-8H,9,16H2,1H3. The molecule has 0 saturated heterocycles. The summed E-state index contributed by atoms with van der Waals surface area (Å²) < 4.78 is 6.75. The number of nitrogens with two attached hydrogens (primary N) is 1. The lowest BCUT2D eigenvalue weighted by Gasteiger charge is -2.10. The maximum Gasteiger partial charge on any atom is 0.122 e. The van der Waals surface area contributed by atoms with Gasteiger partial charge in [0.05, 0.1) is 0 Å². The molecule has 0 aliphatic rings. The number of nitrogen functional groups attached to an aromatic ring is 1. The highest BCUT2D eigenvalue weighted by molar-refractivity contribution is 9.10. The van der Waals surface area contributed by atoms with Gasteiger partial charge in [0.2, 0.25) is 0 Å². The highest BCUT2D eigenvalue weighted by atomic mass is 79.9. The molecule has 0 unspecified atom stereocenters. The lowest BCUT2D eigenvalue weighted by Crippen LogP contribution is -1.98. The zero-order valence-electron chi connectivity index (χ0n) is 9.61. The van der Waals surface area contributed by atoms with Gasteiger partial charge in [-0.2, -0.15) is 0 Å². The summed E-state index contributed by atoms with van der Waals surface area (Å²) in [5.41, 5.74) is 8.66. The third-order valence-electron chi connectivity index (χ3n) is 2.55. The molecule has 2 N–H and O–H groups in total. The number of anilines is 1. The minimum Gasteiger partial charge on any atom is -0.489 e. The molecule has 2 aromatic carbocycles. The summed E-state index contributed by atoms with van der Waals surface area (Å²) >= 11 is 3.48. The molecule has 0 amide bonds. The monoisotopic (exact) mass is 291 g/mol. The Balaban J connectivity index is 2.10. The Bertz CT molecular complexity index is 525. The van der Waals surface area contributed by atoms with Crippen LogP contribution in [-0.2, 0) is 6.61 Å². The Morgan fingerprint density at radius 3 is 2.65 bits per heavy atom. The number of ether oxygens (including phenoxy) is 1. The molecule has 0 atom stereocenters. The van der Waals surface area contributed by atoms with E-state index in [1.807, 2.05) is 49.4 Å². The molecule has 88 valence electrons. The van der Waals surface area contributed by atoms with Gasteiger partial charge in [-0.1, -0.05) is 40.2 Å². The van der Waals surface area contributed by atoms with Crippen molar-refractivity contribution in [3.05, 3.63) is 58.1 Å². The normalized spacial score (nSPS) is 10.2. The van der Waals surface area contributed by atoms with Gasteiger partial charge >= 0.3 is 0 Å². The van der Waals surface area contributed by atoms with E-state index in [9.17, 15) is 0 Å². The van der Waals surface area contributed by atoms with Gasteiger partial charge in [-0.25, -0.2) is 0 Å². The lowest BCUT2D eigenvalue weighted by molar-refractivity contribution is 0.303. The van der Waals surface area contributed by atoms with Crippen LogP contribution in [0.15, 0.2) is 46.9 Å². The molecule has 0 aliphatic carbocycles. The number of benzene rings is 2. The van der Waals surface area contributed by atoms with E-state index >= 15 is 0 Å². The van der Waals surface area contributed by atoms with Crippen molar-refractivity contribution in [2.75, 3.05) is 5.73 Å². The third kappa shape index (κ3) is 3.01. The van der Waals surface area contributed by atoms with E-state index < -0.39 is 0 Å². The Morgan fingerprint density at radius 2 is 1.94 bits per heavy atom. The van der Waals surface area contributed by atoms with E-state index in [0.29, 0.717) is 6.61 Å². The maximum atomic E-state index is 5.77. The van der Waals surface area contributed by atoms with Crippen molar-refractivity contribution >= 4 is 21.6 Å². The van der Waals surface area contributed by atoms with E-state index in [0.717, 1.165) is 27.0 Å². The first-order valence-electron chi connectivity index (χ1n) is 5.39. The summed E-state index contributed by atoms with van der Waals surface area (Å²) in [6.45, 7) is 2.57. The van der Waals surface area contributed by atoms with Crippen LogP contribution in [0.4, 0.5) is 5.69 Å². The number of hydrogen-bond acceptors (Lipinski definition) is 2. The first-order valence-corrected chi connectivity index (χ1v) is 6.18. The Hall–Kier alpha value is -1.48. The second-order valence-electron chi connectivity index (χ2n) is 3.91. The van der Waals surface area contributed by atoms with Gasteiger partial charge in [0, 0.05) is 15.7 Å². The van der Waals surface area contributed by atoms with Crippen LogP contribution in [0.25, 0.3) is 0 Å². The Morgan fingerprint density at radius 1 is 1.18 bits per heavy atom. The molecule has 2 nitrogen and oxygen atoms in total. The predicted octanol–water partition coefficient (Wildman–Crippen LogP) is 3.92. The minimum atomic E-state index is 0.533. The Labute approximate surface area is 110 Å². The smallest absolute Gasteiger partial charge is 0.122 e. The zero-order chi connectivity index (χ0) is 12.3. The van der Waals surface area contributed by atoms with Gasteiger partial charge in [-0.05, 0) is 30.7 Å². The van der Waals surface area contributed by atoms with Gasteiger partial charge in [-0.3, -0.25) is 0 Å². The second kappa shape index (κ2) is 5.23. The van der Waals surface area contributed by atoms with E-state index in [1.54, 1.807) is 0 Å². The fraction of sp³-hybridized carbons (Fsp3) is 0.143. The summed E-state index contributed by atoms with van der Waals surface area (Å²) in [7, 11) is 0. The molecule has 0 saturated carbocycles. The fourth-order valence-electron chi connectivity index (χ4n) is 1.55. The summed E-state index contributed by atoms with van der Waals surface area (Å²) in [6, 6.07) is 13.7. The van der Waals surface area contributed by atoms with Gasteiger partial charge in [0.1, 0.15) is 12.4 Å². The quantitative estimate of drug-likeness (QED) is 0.870. The van der Waals surface area contributed by atoms with Crippen molar-refractivity contribution in [3.8, 4) is 5.75 Å². The number of hydrogen-bond donors (Lipinski definition) is 1. The van der Waals surface area contributed by atoms with Crippen LogP contribution in [0.3, 0.4) is 0 Å². The molecule has 0 bridgehead atoms. The van der Waals surface area contributed by atoms with E-state index in [2.05, 4.69) is 15.9 Å². The molecule has 2 aromatic rings. The second-order valence-corrected chi connectivity index (χ2v) is 4.76. The third-order valence-corrected chi connectivity index (χ3v) is 3.29. The van der Waals surface area contributed by atoms with Crippen molar-refractivity contribution in [1.82, 2.24) is 0 Å². The van der Waals surface area contributed by atoms with Gasteiger partial charge < -0.3 is 10.5 Å². The molecular formula is C14H14BrNO. The SMILES string of the molecule is Cc1ccccc1OCc1ccc(N)cc1Br. The van der Waals surface area contributed by atoms with Gasteiger partial charge in [0.15, 0.2) is 0 Å². The van der Waals surface area contributed by atoms with Crippen molar-refractivity contribution in [1.29, 1.82) is 0 Å². The minimum absolute atomic E-state index is 0.533. The van der Waals surface area contributed by atoms with Crippen LogP contribution in [0.2, 0.25) is 0 Å². The lowest BCUT2D eigenvalue weighted by atomic mass is 10.2. The van der Waals surface area contributed by atoms with Crippen molar-refractivity contribution in [2.24, 2.45) is 0 Å². The molecule has 0 heterocycles. The van der Waals surface area contributed by atoms with Crippen LogP contribution in [0, 0.1) is 6.92 Å². The fourth-order valence-corrected chi connectivity index (χ4v) is 2.07. The van der Waals surface area contributed by atoms with Gasteiger partial charge in [0.25, 0.3) is 0 Å². The molecule has 3 heteroatoms. The molecule has 17 heavy (non-hydrogen) atoms. The van der Waals surface area contributed by atoms with Crippen molar-refractivity contribution < 1.29 is 4.74 Å². The first kappa shape index (κ1) is 12.0. The number of halogens is 1. The largest absolute Gasteiger partial charge is 0.489 e. The summed E-state index contributed by atoms with van der Waals surface area (Å²) in [5.74, 6) is 0.913.